The fourth-order valence-electron chi connectivity index (χ4n) is 3.04. The van der Waals surface area contributed by atoms with E-state index in [1.807, 2.05) is 0 Å². The van der Waals surface area contributed by atoms with Gasteiger partial charge < -0.3 is 24.0 Å². The van der Waals surface area contributed by atoms with Crippen molar-refractivity contribution in [2.75, 3.05) is 65.7 Å². The van der Waals surface area contributed by atoms with E-state index < -0.39 is 8.56 Å². The van der Waals surface area contributed by atoms with Gasteiger partial charge in [-0.3, -0.25) is 0 Å². The number of hydrogen-bond acceptors (Lipinski definition) is 5. The van der Waals surface area contributed by atoms with E-state index in [0.717, 1.165) is 64.7 Å². The minimum absolute atomic E-state index is 0.754. The Morgan fingerprint density at radius 3 is 2.00 bits per heavy atom. The lowest BCUT2D eigenvalue weighted by atomic mass is 10.3. The van der Waals surface area contributed by atoms with Gasteiger partial charge in [0, 0.05) is 19.4 Å². The molecule has 6 heteroatoms. The predicted molar refractivity (Wildman–Crippen MR) is 111 cm³/mol. The van der Waals surface area contributed by atoms with Gasteiger partial charge in [-0.15, -0.1) is 0 Å². The van der Waals surface area contributed by atoms with Gasteiger partial charge in [0.1, 0.15) is 0 Å². The summed E-state index contributed by atoms with van der Waals surface area (Å²) in [6.45, 7) is 19.1. The van der Waals surface area contributed by atoms with Gasteiger partial charge in [0.2, 0.25) is 0 Å². The third kappa shape index (κ3) is 12.1. The Balaban J connectivity index is 4.64. The normalized spacial score (nSPS) is 12.5. The molecule has 152 valence electrons. The van der Waals surface area contributed by atoms with E-state index in [4.69, 9.17) is 8.85 Å². The predicted octanol–water partition coefficient (Wildman–Crippen LogP) is 3.09. The molecule has 0 amide bonds. The van der Waals surface area contributed by atoms with E-state index in [0.29, 0.717) is 0 Å². The summed E-state index contributed by atoms with van der Waals surface area (Å²) in [4.78, 5) is 4.98. The highest BCUT2D eigenvalue weighted by atomic mass is 28.4. The number of rotatable bonds is 18. The van der Waals surface area contributed by atoms with Crippen molar-refractivity contribution in [2.45, 2.75) is 59.9 Å². The summed E-state index contributed by atoms with van der Waals surface area (Å²) in [5.41, 5.74) is 0. The van der Waals surface area contributed by atoms with Gasteiger partial charge in [-0.25, -0.2) is 0 Å². The van der Waals surface area contributed by atoms with E-state index in [9.17, 15) is 0 Å². The van der Waals surface area contributed by atoms with E-state index in [1.54, 1.807) is 0 Å². The van der Waals surface area contributed by atoms with Gasteiger partial charge in [0.25, 0.3) is 0 Å². The third-order valence-electron chi connectivity index (χ3n) is 4.63. The zero-order chi connectivity index (χ0) is 19.0. The lowest BCUT2D eigenvalue weighted by molar-refractivity contribution is 0.156. The lowest BCUT2D eigenvalue weighted by Gasteiger charge is -2.35. The Labute approximate surface area is 158 Å². The minimum atomic E-state index is -2.10. The molecule has 0 rings (SSSR count). The first kappa shape index (κ1) is 25.0. The van der Waals surface area contributed by atoms with Crippen molar-refractivity contribution < 1.29 is 8.85 Å². The molecule has 0 bridgehead atoms. The summed E-state index contributed by atoms with van der Waals surface area (Å²) in [7, 11) is 0.0974. The molecule has 0 aliphatic heterocycles. The maximum atomic E-state index is 6.19. The van der Waals surface area contributed by atoms with Crippen molar-refractivity contribution in [3.8, 4) is 0 Å². The molecule has 25 heavy (non-hydrogen) atoms. The zero-order valence-corrected chi connectivity index (χ0v) is 18.9. The van der Waals surface area contributed by atoms with Crippen LogP contribution in [0.1, 0.15) is 53.9 Å². The maximum absolute atomic E-state index is 6.19. The first-order chi connectivity index (χ1) is 12.1. The van der Waals surface area contributed by atoms with E-state index >= 15 is 0 Å². The fraction of sp³-hybridized carbons (Fsp3) is 1.00. The van der Waals surface area contributed by atoms with Gasteiger partial charge in [0.15, 0.2) is 0 Å². The molecule has 0 aliphatic carbocycles. The molecule has 0 spiro atoms. The largest absolute Gasteiger partial charge is 0.394 e. The van der Waals surface area contributed by atoms with Crippen LogP contribution in [0, 0.1) is 0 Å². The van der Waals surface area contributed by atoms with Crippen LogP contribution in [0.3, 0.4) is 0 Å². The smallest absolute Gasteiger partial charge is 0.352 e. The van der Waals surface area contributed by atoms with Crippen LogP contribution in [-0.4, -0.2) is 84.1 Å². The molecule has 0 aromatic rings. The molecular weight excluding hydrogens is 330 g/mol. The van der Waals surface area contributed by atoms with Crippen molar-refractivity contribution in [3.05, 3.63) is 0 Å². The van der Waals surface area contributed by atoms with Crippen LogP contribution in [0.25, 0.3) is 0 Å². The summed E-state index contributed by atoms with van der Waals surface area (Å²) in [5.74, 6) is 0. The van der Waals surface area contributed by atoms with Gasteiger partial charge in [-0.2, -0.15) is 0 Å². The van der Waals surface area contributed by atoms with Crippen molar-refractivity contribution in [2.24, 2.45) is 0 Å². The highest BCUT2D eigenvalue weighted by Gasteiger charge is 2.37. The molecule has 0 fully saturated rings. The van der Waals surface area contributed by atoms with Crippen LogP contribution in [-0.2, 0) is 8.85 Å². The Bertz CT molecular complexity index is 290. The highest BCUT2D eigenvalue weighted by molar-refractivity contribution is 6.67. The van der Waals surface area contributed by atoms with Gasteiger partial charge in [-0.1, -0.05) is 20.8 Å². The number of hydrogen-bond donors (Lipinski definition) is 1. The SMILES string of the molecule is CCCNCCCN(CCCN(C)CC)C[Si](CC)(OCC)OCC. The molecule has 0 unspecified atom stereocenters. The molecule has 0 heterocycles. The van der Waals surface area contributed by atoms with Crippen molar-refractivity contribution in [1.82, 2.24) is 15.1 Å². The van der Waals surface area contributed by atoms with Crippen LogP contribution < -0.4 is 5.32 Å². The Morgan fingerprint density at radius 2 is 1.48 bits per heavy atom. The molecule has 0 radical (unpaired) electrons. The number of nitrogens with one attached hydrogen (secondary N) is 1. The zero-order valence-electron chi connectivity index (χ0n) is 17.9. The van der Waals surface area contributed by atoms with Crippen LogP contribution >= 0.6 is 0 Å². The minimum Gasteiger partial charge on any atom is -0.394 e. The van der Waals surface area contributed by atoms with Crippen molar-refractivity contribution >= 4 is 8.56 Å². The maximum Gasteiger partial charge on any atom is 0.352 e. The topological polar surface area (TPSA) is 37.0 Å². The van der Waals surface area contributed by atoms with Gasteiger partial charge in [-0.05, 0) is 85.5 Å². The highest BCUT2D eigenvalue weighted by Crippen LogP contribution is 2.16. The summed E-state index contributed by atoms with van der Waals surface area (Å²) < 4.78 is 12.4. The molecular formula is C19H45N3O2Si. The summed E-state index contributed by atoms with van der Waals surface area (Å²) in [6.07, 6.45) is 4.59. The Kier molecular flexibility index (Phi) is 16.2. The Morgan fingerprint density at radius 1 is 0.840 bits per heavy atom. The summed E-state index contributed by atoms with van der Waals surface area (Å²) >= 11 is 0. The second-order valence-electron chi connectivity index (χ2n) is 6.76. The molecule has 0 aliphatic rings. The van der Waals surface area contributed by atoms with Gasteiger partial charge >= 0.3 is 8.56 Å². The molecule has 1 N–H and O–H groups in total. The summed E-state index contributed by atoms with van der Waals surface area (Å²) in [6, 6.07) is 1.02. The first-order valence-electron chi connectivity index (χ1n) is 10.5. The average Bonchev–Trinajstić information content (AvgIpc) is 2.61. The van der Waals surface area contributed by atoms with E-state index in [1.165, 1.54) is 19.3 Å². The van der Waals surface area contributed by atoms with E-state index in [-0.39, 0.29) is 0 Å². The fourth-order valence-corrected chi connectivity index (χ4v) is 5.98. The monoisotopic (exact) mass is 375 g/mol. The summed E-state index contributed by atoms with van der Waals surface area (Å²) in [5, 5.41) is 3.51. The molecule has 0 aromatic carbocycles. The van der Waals surface area contributed by atoms with Crippen LogP contribution in [0.5, 0.6) is 0 Å². The van der Waals surface area contributed by atoms with Crippen molar-refractivity contribution in [1.29, 1.82) is 0 Å². The second kappa shape index (κ2) is 16.2. The third-order valence-corrected chi connectivity index (χ3v) is 8.26. The standard InChI is InChI=1S/C19H45N3O2Si/c1-7-14-20-15-12-17-22(18-13-16-21(6)8-2)19-25(11-5,23-9-3)24-10-4/h20H,7-19H2,1-6H3. The molecule has 5 nitrogen and oxygen atoms in total. The van der Waals surface area contributed by atoms with Crippen LogP contribution in [0.2, 0.25) is 6.04 Å². The van der Waals surface area contributed by atoms with Crippen LogP contribution in [0.15, 0.2) is 0 Å². The van der Waals surface area contributed by atoms with Gasteiger partial charge in [0.05, 0.1) is 0 Å². The Hall–Kier alpha value is 0.0169. The average molecular weight is 376 g/mol. The quantitative estimate of drug-likeness (QED) is 0.294. The van der Waals surface area contributed by atoms with Crippen molar-refractivity contribution in [3.63, 3.8) is 0 Å². The number of nitrogens with zero attached hydrogens (tertiary/aromatic N) is 2. The van der Waals surface area contributed by atoms with Crippen LogP contribution in [0.4, 0.5) is 0 Å². The second-order valence-corrected chi connectivity index (χ2v) is 10.2. The molecule has 0 saturated heterocycles. The molecule has 0 saturated carbocycles. The first-order valence-corrected chi connectivity index (χ1v) is 12.7. The molecule has 0 aromatic heterocycles. The lowest BCUT2D eigenvalue weighted by Crippen LogP contribution is -2.53. The molecule has 0 atom stereocenters. The van der Waals surface area contributed by atoms with E-state index in [2.05, 4.69) is 56.8 Å².